The number of amides is 1. The number of halogens is 1. The maximum absolute atomic E-state index is 13.2. The summed E-state index contributed by atoms with van der Waals surface area (Å²) in [5, 5.41) is 7.09. The molecule has 6 nitrogen and oxygen atoms in total. The standard InChI is InChI=1S/C19H14FN5O/c20-14-6-4-13(5-7-14)17-8-10-22-18-16(12-24-25(17)18)19(26)23-11-15-3-1-2-9-21-15/h1-10,12H,11H2,(H,23,26). The van der Waals surface area contributed by atoms with Crippen molar-refractivity contribution in [3.05, 3.63) is 84.2 Å². The van der Waals surface area contributed by atoms with Crippen molar-refractivity contribution in [2.45, 2.75) is 6.54 Å². The number of hydrogen-bond acceptors (Lipinski definition) is 4. The predicted molar refractivity (Wildman–Crippen MR) is 93.8 cm³/mol. The summed E-state index contributed by atoms with van der Waals surface area (Å²) in [6.07, 6.45) is 4.75. The van der Waals surface area contributed by atoms with E-state index in [-0.39, 0.29) is 11.7 Å². The minimum Gasteiger partial charge on any atom is -0.346 e. The largest absolute Gasteiger partial charge is 0.346 e. The number of aromatic nitrogens is 4. The highest BCUT2D eigenvalue weighted by Gasteiger charge is 2.16. The number of fused-ring (bicyclic) bond motifs is 1. The molecule has 1 amide bonds. The quantitative estimate of drug-likeness (QED) is 0.616. The SMILES string of the molecule is O=C(NCc1ccccn1)c1cnn2c(-c3ccc(F)cc3)ccnc12. The Morgan fingerprint density at radius 2 is 1.88 bits per heavy atom. The van der Waals surface area contributed by atoms with E-state index >= 15 is 0 Å². The van der Waals surface area contributed by atoms with E-state index in [1.165, 1.54) is 18.3 Å². The molecule has 0 radical (unpaired) electrons. The van der Waals surface area contributed by atoms with Crippen molar-refractivity contribution < 1.29 is 9.18 Å². The molecular weight excluding hydrogens is 333 g/mol. The van der Waals surface area contributed by atoms with Gasteiger partial charge in [-0.2, -0.15) is 5.10 Å². The first-order valence-electron chi connectivity index (χ1n) is 7.99. The molecule has 7 heteroatoms. The van der Waals surface area contributed by atoms with Crippen LogP contribution in [0, 0.1) is 5.82 Å². The summed E-state index contributed by atoms with van der Waals surface area (Å²) < 4.78 is 14.7. The minimum atomic E-state index is -0.311. The van der Waals surface area contributed by atoms with E-state index in [0.29, 0.717) is 17.8 Å². The highest BCUT2D eigenvalue weighted by molar-refractivity contribution is 5.99. The van der Waals surface area contributed by atoms with Crippen LogP contribution in [0.25, 0.3) is 16.9 Å². The third-order valence-electron chi connectivity index (χ3n) is 3.94. The Bertz CT molecular complexity index is 1060. The Labute approximate surface area is 148 Å². The number of carbonyl (C=O) groups excluding carboxylic acids is 1. The summed E-state index contributed by atoms with van der Waals surface area (Å²) in [6, 6.07) is 13.4. The molecule has 0 bridgehead atoms. The van der Waals surface area contributed by atoms with Gasteiger partial charge in [0, 0.05) is 18.0 Å². The average molecular weight is 347 g/mol. The summed E-state index contributed by atoms with van der Waals surface area (Å²) in [4.78, 5) is 20.9. The van der Waals surface area contributed by atoms with Gasteiger partial charge < -0.3 is 5.32 Å². The van der Waals surface area contributed by atoms with Crippen molar-refractivity contribution in [1.82, 2.24) is 24.9 Å². The first-order chi connectivity index (χ1) is 12.7. The lowest BCUT2D eigenvalue weighted by Gasteiger charge is -2.06. The molecule has 0 fully saturated rings. The number of nitrogens with one attached hydrogen (secondary N) is 1. The van der Waals surface area contributed by atoms with Gasteiger partial charge >= 0.3 is 0 Å². The van der Waals surface area contributed by atoms with E-state index in [1.54, 1.807) is 35.1 Å². The summed E-state index contributed by atoms with van der Waals surface area (Å²) in [5.41, 5.74) is 3.06. The predicted octanol–water partition coefficient (Wildman–Crippen LogP) is 2.86. The highest BCUT2D eigenvalue weighted by atomic mass is 19.1. The molecule has 0 saturated heterocycles. The van der Waals surface area contributed by atoms with E-state index in [2.05, 4.69) is 20.4 Å². The summed E-state index contributed by atoms with van der Waals surface area (Å²) in [7, 11) is 0. The molecule has 0 aliphatic rings. The molecule has 0 aliphatic heterocycles. The van der Waals surface area contributed by atoms with Crippen LogP contribution >= 0.6 is 0 Å². The Hall–Kier alpha value is -3.61. The smallest absolute Gasteiger partial charge is 0.257 e. The second-order valence-electron chi connectivity index (χ2n) is 5.63. The lowest BCUT2D eigenvalue weighted by Crippen LogP contribution is -2.23. The van der Waals surface area contributed by atoms with Gasteiger partial charge in [0.15, 0.2) is 5.65 Å². The Balaban J connectivity index is 1.64. The Morgan fingerprint density at radius 3 is 2.65 bits per heavy atom. The molecular formula is C19H14FN5O. The fraction of sp³-hybridized carbons (Fsp3) is 0.0526. The van der Waals surface area contributed by atoms with Crippen LogP contribution in [0.3, 0.4) is 0 Å². The molecule has 0 unspecified atom stereocenters. The summed E-state index contributed by atoms with van der Waals surface area (Å²) in [6.45, 7) is 0.314. The summed E-state index contributed by atoms with van der Waals surface area (Å²) >= 11 is 0. The fourth-order valence-corrected chi connectivity index (χ4v) is 2.66. The van der Waals surface area contributed by atoms with Gasteiger partial charge in [0.1, 0.15) is 11.4 Å². The zero-order valence-electron chi connectivity index (χ0n) is 13.6. The monoisotopic (exact) mass is 347 g/mol. The highest BCUT2D eigenvalue weighted by Crippen LogP contribution is 2.21. The first-order valence-corrected chi connectivity index (χ1v) is 7.99. The number of carbonyl (C=O) groups is 1. The van der Waals surface area contributed by atoms with Gasteiger partial charge in [0.2, 0.25) is 0 Å². The Kier molecular flexibility index (Phi) is 4.10. The van der Waals surface area contributed by atoms with E-state index in [0.717, 1.165) is 17.0 Å². The van der Waals surface area contributed by atoms with E-state index < -0.39 is 0 Å². The molecule has 3 heterocycles. The van der Waals surface area contributed by atoms with Gasteiger partial charge in [-0.05, 0) is 42.5 Å². The van der Waals surface area contributed by atoms with Crippen LogP contribution in [0.1, 0.15) is 16.1 Å². The maximum atomic E-state index is 13.2. The first kappa shape index (κ1) is 15.9. The maximum Gasteiger partial charge on any atom is 0.257 e. The second kappa shape index (κ2) is 6.72. The van der Waals surface area contributed by atoms with Crippen molar-refractivity contribution in [2.24, 2.45) is 0 Å². The molecule has 4 aromatic rings. The second-order valence-corrected chi connectivity index (χ2v) is 5.63. The third-order valence-corrected chi connectivity index (χ3v) is 3.94. The fourth-order valence-electron chi connectivity index (χ4n) is 2.66. The number of hydrogen-bond donors (Lipinski definition) is 1. The van der Waals surface area contributed by atoms with E-state index in [1.807, 2.05) is 18.2 Å². The van der Waals surface area contributed by atoms with Gasteiger partial charge in [0.05, 0.1) is 24.1 Å². The number of nitrogens with zero attached hydrogens (tertiary/aromatic N) is 4. The molecule has 1 N–H and O–H groups in total. The number of rotatable bonds is 4. The molecule has 0 atom stereocenters. The van der Waals surface area contributed by atoms with Crippen LogP contribution in [0.5, 0.6) is 0 Å². The molecule has 26 heavy (non-hydrogen) atoms. The van der Waals surface area contributed by atoms with Crippen LogP contribution < -0.4 is 5.32 Å². The van der Waals surface area contributed by atoms with Crippen molar-refractivity contribution in [3.8, 4) is 11.3 Å². The van der Waals surface area contributed by atoms with E-state index in [9.17, 15) is 9.18 Å². The van der Waals surface area contributed by atoms with Crippen molar-refractivity contribution >= 4 is 11.6 Å². The van der Waals surface area contributed by atoms with Gasteiger partial charge in [-0.1, -0.05) is 6.07 Å². The lowest BCUT2D eigenvalue weighted by molar-refractivity contribution is 0.0952. The van der Waals surface area contributed by atoms with Gasteiger partial charge in [-0.15, -0.1) is 0 Å². The lowest BCUT2D eigenvalue weighted by atomic mass is 10.1. The van der Waals surface area contributed by atoms with Crippen LogP contribution in [0.2, 0.25) is 0 Å². The van der Waals surface area contributed by atoms with Crippen LogP contribution in [-0.4, -0.2) is 25.5 Å². The topological polar surface area (TPSA) is 72.2 Å². The zero-order chi connectivity index (χ0) is 17.9. The van der Waals surface area contributed by atoms with Gasteiger partial charge in [-0.3, -0.25) is 9.78 Å². The van der Waals surface area contributed by atoms with Gasteiger partial charge in [0.25, 0.3) is 5.91 Å². The van der Waals surface area contributed by atoms with Crippen molar-refractivity contribution in [1.29, 1.82) is 0 Å². The number of benzene rings is 1. The van der Waals surface area contributed by atoms with Crippen LogP contribution in [0.15, 0.2) is 67.1 Å². The zero-order valence-corrected chi connectivity index (χ0v) is 13.6. The number of pyridine rings is 1. The van der Waals surface area contributed by atoms with Crippen LogP contribution in [-0.2, 0) is 6.54 Å². The normalized spacial score (nSPS) is 10.8. The Morgan fingerprint density at radius 1 is 1.04 bits per heavy atom. The molecule has 0 saturated carbocycles. The molecule has 128 valence electrons. The van der Waals surface area contributed by atoms with Gasteiger partial charge in [-0.25, -0.2) is 13.9 Å². The van der Waals surface area contributed by atoms with Crippen molar-refractivity contribution in [3.63, 3.8) is 0 Å². The molecule has 3 aromatic heterocycles. The summed E-state index contributed by atoms with van der Waals surface area (Å²) in [5.74, 6) is -0.594. The molecule has 0 aliphatic carbocycles. The van der Waals surface area contributed by atoms with Crippen molar-refractivity contribution in [2.75, 3.05) is 0 Å². The molecule has 4 rings (SSSR count). The molecule has 1 aromatic carbocycles. The molecule has 0 spiro atoms. The average Bonchev–Trinajstić information content (AvgIpc) is 3.12. The van der Waals surface area contributed by atoms with Crippen LogP contribution in [0.4, 0.5) is 4.39 Å². The van der Waals surface area contributed by atoms with E-state index in [4.69, 9.17) is 0 Å². The third kappa shape index (κ3) is 3.02. The minimum absolute atomic E-state index is 0.283.